The van der Waals surface area contributed by atoms with E-state index in [1.54, 1.807) is 0 Å². The number of benzene rings is 1. The number of hydrogen-bond donors (Lipinski definition) is 4. The summed E-state index contributed by atoms with van der Waals surface area (Å²) in [5.74, 6) is -0.772. The molecule has 0 spiro atoms. The van der Waals surface area contributed by atoms with Crippen molar-refractivity contribution in [3.63, 3.8) is 0 Å². The number of carboxylic acids is 1. The Balaban J connectivity index is 2.79. The number of nitrogens with two attached hydrogens (primary N) is 1. The van der Waals surface area contributed by atoms with E-state index < -0.39 is 18.2 Å². The Morgan fingerprint density at radius 2 is 2.00 bits per heavy atom. The summed E-state index contributed by atoms with van der Waals surface area (Å²) in [5, 5.41) is 28.7. The highest BCUT2D eigenvalue weighted by Gasteiger charge is 2.21. The number of rotatable bonds is 6. The van der Waals surface area contributed by atoms with Gasteiger partial charge in [0.2, 0.25) is 0 Å². The summed E-state index contributed by atoms with van der Waals surface area (Å²) >= 11 is 1.05. The maximum atomic E-state index is 10.9. The van der Waals surface area contributed by atoms with Crippen molar-refractivity contribution in [3.05, 3.63) is 29.3 Å². The van der Waals surface area contributed by atoms with Crippen molar-refractivity contribution >= 4 is 28.5 Å². The zero-order valence-corrected chi connectivity index (χ0v) is 11.8. The van der Waals surface area contributed by atoms with Crippen molar-refractivity contribution in [1.82, 2.24) is 0 Å². The van der Waals surface area contributed by atoms with Gasteiger partial charge in [-0.25, -0.2) is 4.79 Å². The van der Waals surface area contributed by atoms with Crippen molar-refractivity contribution in [2.45, 2.75) is 25.6 Å². The highest BCUT2D eigenvalue weighted by molar-refractivity contribution is 8.13. The van der Waals surface area contributed by atoms with Crippen LogP contribution in [0, 0.1) is 0 Å². The van der Waals surface area contributed by atoms with Gasteiger partial charge in [-0.3, -0.25) is 4.79 Å². The molecule has 0 fully saturated rings. The van der Waals surface area contributed by atoms with Gasteiger partial charge in [-0.15, -0.1) is 0 Å². The van der Waals surface area contributed by atoms with E-state index in [1.165, 1.54) is 25.1 Å². The predicted octanol–water partition coefficient (Wildman–Crippen LogP) is 1.03. The molecule has 110 valence electrons. The number of anilines is 1. The van der Waals surface area contributed by atoms with Crippen molar-refractivity contribution in [3.8, 4) is 0 Å². The highest BCUT2D eigenvalue weighted by atomic mass is 32.2. The molecule has 20 heavy (non-hydrogen) atoms. The Labute approximate surface area is 120 Å². The zero-order valence-electron chi connectivity index (χ0n) is 10.9. The Morgan fingerprint density at radius 3 is 2.55 bits per heavy atom. The van der Waals surface area contributed by atoms with Gasteiger partial charge in [0.1, 0.15) is 6.10 Å². The Morgan fingerprint density at radius 1 is 1.35 bits per heavy atom. The predicted molar refractivity (Wildman–Crippen MR) is 76.5 cm³/mol. The van der Waals surface area contributed by atoms with Crippen molar-refractivity contribution < 1.29 is 24.9 Å². The summed E-state index contributed by atoms with van der Waals surface area (Å²) in [5.41, 5.74) is 6.05. The lowest BCUT2D eigenvalue weighted by molar-refractivity contribution is -0.109. The molecule has 0 aliphatic heterocycles. The van der Waals surface area contributed by atoms with Gasteiger partial charge in [-0.05, 0) is 24.6 Å². The fraction of sp³-hybridized carbons (Fsp3) is 0.385. The second-order valence-electron chi connectivity index (χ2n) is 4.29. The van der Waals surface area contributed by atoms with Crippen LogP contribution in [0.5, 0.6) is 0 Å². The molecule has 0 bridgehead atoms. The number of nitrogen functional groups attached to an aromatic ring is 1. The number of thioether (sulfide) groups is 1. The molecule has 7 heteroatoms. The van der Waals surface area contributed by atoms with E-state index in [0.29, 0.717) is 5.75 Å². The van der Waals surface area contributed by atoms with E-state index in [4.69, 9.17) is 10.8 Å². The number of aliphatic hydroxyl groups excluding tert-OH is 2. The molecule has 2 unspecified atom stereocenters. The van der Waals surface area contributed by atoms with Crippen LogP contribution in [0.15, 0.2) is 18.2 Å². The van der Waals surface area contributed by atoms with E-state index >= 15 is 0 Å². The van der Waals surface area contributed by atoms with E-state index in [9.17, 15) is 19.8 Å². The topological polar surface area (TPSA) is 121 Å². The van der Waals surface area contributed by atoms with Crippen LogP contribution >= 0.6 is 11.8 Å². The third kappa shape index (κ3) is 4.52. The highest BCUT2D eigenvalue weighted by Crippen LogP contribution is 2.26. The molecule has 2 atom stereocenters. The lowest BCUT2D eigenvalue weighted by Crippen LogP contribution is -2.20. The largest absolute Gasteiger partial charge is 0.478 e. The first-order chi connectivity index (χ1) is 9.32. The average molecular weight is 299 g/mol. The maximum Gasteiger partial charge on any atom is 0.335 e. The summed E-state index contributed by atoms with van der Waals surface area (Å²) in [6.45, 7) is 1.42. The lowest BCUT2D eigenvalue weighted by Gasteiger charge is -2.19. The van der Waals surface area contributed by atoms with Crippen LogP contribution in [0.3, 0.4) is 0 Å². The van der Waals surface area contributed by atoms with E-state index in [0.717, 1.165) is 11.8 Å². The number of hydrogen-bond acceptors (Lipinski definition) is 6. The van der Waals surface area contributed by atoms with E-state index in [2.05, 4.69) is 0 Å². The number of aliphatic hydroxyl groups is 2. The first-order valence-corrected chi connectivity index (χ1v) is 6.93. The van der Waals surface area contributed by atoms with Crippen LogP contribution in [-0.2, 0) is 4.79 Å². The van der Waals surface area contributed by atoms with Crippen LogP contribution < -0.4 is 5.73 Å². The molecule has 0 radical (unpaired) electrons. The summed E-state index contributed by atoms with van der Waals surface area (Å²) in [7, 11) is 0. The molecule has 0 saturated carbocycles. The second-order valence-corrected chi connectivity index (χ2v) is 5.56. The summed E-state index contributed by atoms with van der Waals surface area (Å²) in [6.07, 6.45) is -2.21. The van der Waals surface area contributed by atoms with Gasteiger partial charge in [0, 0.05) is 23.9 Å². The first kappa shape index (κ1) is 16.5. The SMILES string of the molecule is CC(=O)SCCC(O)C(O)c1cc(C(=O)O)ccc1N. The van der Waals surface area contributed by atoms with Crippen LogP contribution in [-0.4, -0.2) is 38.3 Å². The fourth-order valence-electron chi connectivity index (χ4n) is 1.65. The average Bonchev–Trinajstić information content (AvgIpc) is 2.37. The van der Waals surface area contributed by atoms with Gasteiger partial charge in [0.05, 0.1) is 11.7 Å². The molecule has 0 amide bonds. The smallest absolute Gasteiger partial charge is 0.335 e. The minimum atomic E-state index is -1.29. The molecular weight excluding hydrogens is 282 g/mol. The van der Waals surface area contributed by atoms with Gasteiger partial charge in [-0.2, -0.15) is 0 Å². The fourth-order valence-corrected chi connectivity index (χ4v) is 2.30. The van der Waals surface area contributed by atoms with Gasteiger partial charge >= 0.3 is 5.97 Å². The van der Waals surface area contributed by atoms with Gasteiger partial charge in [0.25, 0.3) is 0 Å². The van der Waals surface area contributed by atoms with Crippen LogP contribution in [0.2, 0.25) is 0 Å². The van der Waals surface area contributed by atoms with Gasteiger partial charge in [0.15, 0.2) is 5.12 Å². The normalized spacial score (nSPS) is 13.8. The van der Waals surface area contributed by atoms with Crippen LogP contribution in [0.4, 0.5) is 5.69 Å². The molecule has 0 heterocycles. The molecule has 0 aromatic heterocycles. The maximum absolute atomic E-state index is 10.9. The quantitative estimate of drug-likeness (QED) is 0.579. The molecule has 0 aliphatic carbocycles. The van der Waals surface area contributed by atoms with Crippen molar-refractivity contribution in [2.75, 3.05) is 11.5 Å². The standard InChI is InChI=1S/C13H17NO5S/c1-7(15)20-5-4-11(16)12(17)9-6-8(13(18)19)2-3-10(9)14/h2-3,6,11-12,16-17H,4-5,14H2,1H3,(H,18,19). The molecular formula is C13H17NO5S. The number of carbonyl (C=O) groups excluding carboxylic acids is 1. The lowest BCUT2D eigenvalue weighted by atomic mass is 9.99. The number of aromatic carboxylic acids is 1. The van der Waals surface area contributed by atoms with Gasteiger partial charge < -0.3 is 21.1 Å². The molecule has 1 aromatic carbocycles. The molecule has 0 saturated heterocycles. The number of carbonyl (C=O) groups is 2. The van der Waals surface area contributed by atoms with Crippen LogP contribution in [0.25, 0.3) is 0 Å². The third-order valence-corrected chi connectivity index (χ3v) is 3.58. The zero-order chi connectivity index (χ0) is 15.3. The van der Waals surface area contributed by atoms with E-state index in [1.807, 2.05) is 0 Å². The van der Waals surface area contributed by atoms with Crippen molar-refractivity contribution in [2.24, 2.45) is 0 Å². The molecule has 1 rings (SSSR count). The molecule has 5 N–H and O–H groups in total. The Bertz CT molecular complexity index is 506. The van der Waals surface area contributed by atoms with Crippen LogP contribution in [0.1, 0.15) is 35.4 Å². The monoisotopic (exact) mass is 299 g/mol. The Kier molecular flexibility index (Phi) is 6.00. The summed E-state index contributed by atoms with van der Waals surface area (Å²) in [6, 6.07) is 3.94. The first-order valence-electron chi connectivity index (χ1n) is 5.95. The Hall–Kier alpha value is -1.57. The second kappa shape index (κ2) is 7.28. The van der Waals surface area contributed by atoms with E-state index in [-0.39, 0.29) is 28.4 Å². The molecule has 0 aliphatic rings. The minimum Gasteiger partial charge on any atom is -0.478 e. The minimum absolute atomic E-state index is 0.0152. The summed E-state index contributed by atoms with van der Waals surface area (Å²) < 4.78 is 0. The van der Waals surface area contributed by atoms with Gasteiger partial charge in [-0.1, -0.05) is 11.8 Å². The molecule has 1 aromatic rings. The number of carboxylic acid groups (broad SMARTS) is 1. The molecule has 6 nitrogen and oxygen atoms in total. The summed E-state index contributed by atoms with van der Waals surface area (Å²) in [4.78, 5) is 21.7. The third-order valence-electron chi connectivity index (χ3n) is 2.74. The van der Waals surface area contributed by atoms with Crippen molar-refractivity contribution in [1.29, 1.82) is 0 Å².